The maximum Gasteiger partial charge on any atom is 0.267 e. The van der Waals surface area contributed by atoms with E-state index < -0.39 is 11.1 Å². The zero-order chi connectivity index (χ0) is 19.6. The topological polar surface area (TPSA) is 85.8 Å². The van der Waals surface area contributed by atoms with Gasteiger partial charge in [0.25, 0.3) is 5.91 Å². The summed E-state index contributed by atoms with van der Waals surface area (Å²) in [7, 11) is 4.37. The molecule has 3 rings (SSSR count). The molecule has 0 aliphatic rings. The third-order valence-electron chi connectivity index (χ3n) is 4.00. The quantitative estimate of drug-likeness (QED) is 0.450. The van der Waals surface area contributed by atoms with E-state index >= 15 is 0 Å². The number of benzene rings is 1. The van der Waals surface area contributed by atoms with Gasteiger partial charge in [-0.1, -0.05) is 24.5 Å². The number of primary amides is 1. The van der Waals surface area contributed by atoms with E-state index in [1.54, 1.807) is 24.4 Å². The van der Waals surface area contributed by atoms with Gasteiger partial charge in [-0.2, -0.15) is 0 Å². The summed E-state index contributed by atoms with van der Waals surface area (Å²) in [4.78, 5) is 20.6. The van der Waals surface area contributed by atoms with Gasteiger partial charge < -0.3 is 10.3 Å². The molecule has 0 fully saturated rings. The van der Waals surface area contributed by atoms with Crippen molar-refractivity contribution in [3.63, 3.8) is 0 Å². The number of aryl methyl sites for hydroxylation is 1. The Kier molecular flexibility index (Phi) is 6.11. The molecule has 1 amide bonds. The van der Waals surface area contributed by atoms with Crippen LogP contribution >= 0.6 is 30.4 Å². The zero-order valence-electron chi connectivity index (χ0n) is 14.6. The lowest BCUT2D eigenvalue weighted by molar-refractivity contribution is 0.0995. The SMILES string of the molecule is CCn1c(CNSc2ccc(C(N)=O)nc2)nc2ccc(C(F)(P)P)cc21. The monoisotopic (exact) mass is 423 g/mol. The van der Waals surface area contributed by atoms with Gasteiger partial charge in [0.2, 0.25) is 0 Å². The van der Waals surface area contributed by atoms with Crippen molar-refractivity contribution < 1.29 is 9.18 Å². The van der Waals surface area contributed by atoms with Gasteiger partial charge in [0.15, 0.2) is 5.15 Å². The lowest BCUT2D eigenvalue weighted by atomic mass is 10.2. The molecule has 0 radical (unpaired) electrons. The first-order valence-electron chi connectivity index (χ1n) is 8.21. The number of hydrogen-bond acceptors (Lipinski definition) is 5. The Labute approximate surface area is 165 Å². The summed E-state index contributed by atoms with van der Waals surface area (Å²) in [5.41, 5.74) is 7.71. The second-order valence-electron chi connectivity index (χ2n) is 5.91. The molecule has 0 aliphatic carbocycles. The number of alkyl halides is 1. The average molecular weight is 423 g/mol. The number of nitrogens with one attached hydrogen (secondary N) is 1. The lowest BCUT2D eigenvalue weighted by Crippen LogP contribution is -2.13. The van der Waals surface area contributed by atoms with E-state index in [0.717, 1.165) is 28.3 Å². The lowest BCUT2D eigenvalue weighted by Gasteiger charge is -2.14. The van der Waals surface area contributed by atoms with Crippen molar-refractivity contribution in [2.45, 2.75) is 30.1 Å². The number of amides is 1. The number of nitrogens with two attached hydrogens (primary N) is 1. The molecular weight excluding hydrogens is 403 g/mol. The van der Waals surface area contributed by atoms with E-state index in [4.69, 9.17) is 5.73 Å². The number of aromatic nitrogens is 3. The minimum atomic E-state index is -1.56. The van der Waals surface area contributed by atoms with Crippen LogP contribution in [0.15, 0.2) is 41.4 Å². The van der Waals surface area contributed by atoms with Crippen LogP contribution in [0.25, 0.3) is 11.0 Å². The Hall–Kier alpha value is -1.59. The molecule has 142 valence electrons. The molecule has 10 heteroatoms. The van der Waals surface area contributed by atoms with E-state index in [9.17, 15) is 9.18 Å². The summed E-state index contributed by atoms with van der Waals surface area (Å²) in [5.74, 6) is 0.305. The predicted molar refractivity (Wildman–Crippen MR) is 113 cm³/mol. The number of nitrogens with zero attached hydrogens (tertiary/aromatic N) is 3. The largest absolute Gasteiger partial charge is 0.364 e. The maximum atomic E-state index is 14.2. The smallest absolute Gasteiger partial charge is 0.267 e. The Morgan fingerprint density at radius 3 is 2.74 bits per heavy atom. The first kappa shape index (κ1) is 20.2. The van der Waals surface area contributed by atoms with Gasteiger partial charge in [0.1, 0.15) is 11.5 Å². The van der Waals surface area contributed by atoms with Crippen molar-refractivity contribution in [2.24, 2.45) is 5.73 Å². The molecule has 0 aliphatic heterocycles. The second kappa shape index (κ2) is 8.19. The molecule has 2 unspecified atom stereocenters. The fourth-order valence-corrected chi connectivity index (χ4v) is 3.64. The molecule has 27 heavy (non-hydrogen) atoms. The summed E-state index contributed by atoms with van der Waals surface area (Å²) in [6.45, 7) is 3.27. The molecular formula is C17H20FN5OP2S. The van der Waals surface area contributed by atoms with Gasteiger partial charge >= 0.3 is 0 Å². The van der Waals surface area contributed by atoms with Crippen molar-refractivity contribution in [1.82, 2.24) is 19.3 Å². The van der Waals surface area contributed by atoms with Gasteiger partial charge in [-0.3, -0.25) is 9.52 Å². The minimum absolute atomic E-state index is 0.232. The number of halogens is 1. The number of rotatable bonds is 7. The Morgan fingerprint density at radius 1 is 1.37 bits per heavy atom. The third-order valence-corrected chi connectivity index (χ3v) is 5.43. The summed E-state index contributed by atoms with van der Waals surface area (Å²) in [5, 5.41) is -1.56. The number of pyridine rings is 1. The minimum Gasteiger partial charge on any atom is -0.364 e. The summed E-state index contributed by atoms with van der Waals surface area (Å²) < 4.78 is 19.5. The van der Waals surface area contributed by atoms with E-state index in [-0.39, 0.29) is 5.69 Å². The average Bonchev–Trinajstić information content (AvgIpc) is 2.98. The number of hydrogen-bond donors (Lipinski definition) is 2. The van der Waals surface area contributed by atoms with Crippen LogP contribution in [0.1, 0.15) is 28.8 Å². The highest BCUT2D eigenvalue weighted by Crippen LogP contribution is 2.40. The third kappa shape index (κ3) is 4.64. The van der Waals surface area contributed by atoms with E-state index in [1.807, 2.05) is 19.1 Å². The van der Waals surface area contributed by atoms with Crippen LogP contribution in [-0.2, 0) is 18.2 Å². The van der Waals surface area contributed by atoms with Crippen LogP contribution in [0, 0.1) is 0 Å². The maximum absolute atomic E-state index is 14.2. The van der Waals surface area contributed by atoms with Crippen molar-refractivity contribution in [3.8, 4) is 0 Å². The van der Waals surface area contributed by atoms with Crippen LogP contribution in [0.4, 0.5) is 4.39 Å². The fourth-order valence-electron chi connectivity index (χ4n) is 2.67. The van der Waals surface area contributed by atoms with Crippen molar-refractivity contribution in [2.75, 3.05) is 0 Å². The highest BCUT2D eigenvalue weighted by molar-refractivity contribution is 7.97. The molecule has 1 aromatic carbocycles. The molecule has 2 heterocycles. The highest BCUT2D eigenvalue weighted by Gasteiger charge is 2.21. The van der Waals surface area contributed by atoms with E-state index in [1.165, 1.54) is 11.9 Å². The van der Waals surface area contributed by atoms with Crippen molar-refractivity contribution in [1.29, 1.82) is 0 Å². The van der Waals surface area contributed by atoms with E-state index in [2.05, 4.69) is 37.7 Å². The molecule has 0 spiro atoms. The van der Waals surface area contributed by atoms with Crippen LogP contribution in [0.3, 0.4) is 0 Å². The Morgan fingerprint density at radius 2 is 2.15 bits per heavy atom. The molecule has 3 aromatic rings. The molecule has 3 N–H and O–H groups in total. The van der Waals surface area contributed by atoms with Crippen LogP contribution in [0.2, 0.25) is 0 Å². The molecule has 0 saturated heterocycles. The van der Waals surface area contributed by atoms with Crippen LogP contribution in [-0.4, -0.2) is 20.4 Å². The van der Waals surface area contributed by atoms with Crippen LogP contribution in [0.5, 0.6) is 0 Å². The summed E-state index contributed by atoms with van der Waals surface area (Å²) in [6.07, 6.45) is 1.59. The predicted octanol–water partition coefficient (Wildman–Crippen LogP) is 3.18. The van der Waals surface area contributed by atoms with Gasteiger partial charge in [0, 0.05) is 17.6 Å². The van der Waals surface area contributed by atoms with Gasteiger partial charge in [0.05, 0.1) is 17.6 Å². The molecule has 6 nitrogen and oxygen atoms in total. The van der Waals surface area contributed by atoms with Crippen molar-refractivity contribution in [3.05, 3.63) is 53.6 Å². The fraction of sp³-hybridized carbons (Fsp3) is 0.235. The molecule has 2 atom stereocenters. The second-order valence-corrected chi connectivity index (χ2v) is 9.22. The van der Waals surface area contributed by atoms with Gasteiger partial charge in [-0.15, -0.1) is 0 Å². The highest BCUT2D eigenvalue weighted by atomic mass is 32.2. The van der Waals surface area contributed by atoms with Gasteiger partial charge in [-0.05, 0) is 48.7 Å². The zero-order valence-corrected chi connectivity index (χ0v) is 17.8. The van der Waals surface area contributed by atoms with Gasteiger partial charge in [-0.25, -0.2) is 14.4 Å². The standard InChI is InChI=1S/C17H20FN5OP2S/c1-2-23-14-7-10(17(18,25)26)3-5-12(14)22-15(23)9-21-27-11-4-6-13(16(19)24)20-8-11/h3-8,21H,2,9,25-26H2,1H3,(H2,19,24). The number of fused-ring (bicyclic) bond motifs is 1. The molecule has 0 bridgehead atoms. The van der Waals surface area contributed by atoms with Crippen LogP contribution < -0.4 is 10.5 Å². The van der Waals surface area contributed by atoms with E-state index in [0.29, 0.717) is 12.1 Å². The normalized spacial score (nSPS) is 11.9. The Balaban J connectivity index is 1.75. The number of imidazole rings is 1. The molecule has 0 saturated carbocycles. The van der Waals surface area contributed by atoms with Crippen molar-refractivity contribution >= 4 is 47.4 Å². The summed E-state index contributed by atoms with van der Waals surface area (Å²) >= 11 is 1.39. The first-order valence-corrected chi connectivity index (χ1v) is 10.2. The first-order chi connectivity index (χ1) is 12.8. The number of carbonyl (C=O) groups excluding carboxylic acids is 1. The number of carbonyl (C=O) groups is 1. The molecule has 2 aromatic heterocycles. The summed E-state index contributed by atoms with van der Waals surface area (Å²) in [6, 6.07) is 8.77. The Bertz CT molecular complexity index is 972.